The van der Waals surface area contributed by atoms with Gasteiger partial charge in [0.05, 0.1) is 0 Å². The summed E-state index contributed by atoms with van der Waals surface area (Å²) in [6.07, 6.45) is 2.65. The van der Waals surface area contributed by atoms with Crippen LogP contribution >= 0.6 is 0 Å². The maximum atomic E-state index is 13.2. The van der Waals surface area contributed by atoms with E-state index in [-0.39, 0.29) is 36.6 Å². The molecule has 0 saturated carbocycles. The summed E-state index contributed by atoms with van der Waals surface area (Å²) in [5.74, 6) is -1.74. The zero-order chi connectivity index (χ0) is 21.5. The summed E-state index contributed by atoms with van der Waals surface area (Å²) in [6, 6.07) is 8.48. The Morgan fingerprint density at radius 1 is 1.00 bits per heavy atom. The van der Waals surface area contributed by atoms with Gasteiger partial charge in [0.1, 0.15) is 17.5 Å². The van der Waals surface area contributed by atoms with Gasteiger partial charge in [-0.25, -0.2) is 18.0 Å². The Balaban J connectivity index is 1.42. The van der Waals surface area contributed by atoms with Crippen LogP contribution in [0.15, 0.2) is 42.5 Å². The van der Waals surface area contributed by atoms with Crippen molar-refractivity contribution in [2.75, 3.05) is 18.4 Å². The largest absolute Gasteiger partial charge is 0.352 e. The second kappa shape index (κ2) is 10.1. The van der Waals surface area contributed by atoms with Crippen LogP contribution in [0.5, 0.6) is 0 Å². The number of benzene rings is 2. The van der Waals surface area contributed by atoms with E-state index in [1.807, 2.05) is 0 Å². The van der Waals surface area contributed by atoms with Crippen molar-refractivity contribution >= 4 is 17.6 Å². The number of carbonyl (C=O) groups is 2. The smallest absolute Gasteiger partial charge is 0.321 e. The van der Waals surface area contributed by atoms with Crippen molar-refractivity contribution in [3.63, 3.8) is 0 Å². The normalized spacial score (nSPS) is 16.2. The Morgan fingerprint density at radius 2 is 1.70 bits per heavy atom. The average molecular weight is 419 g/mol. The molecule has 2 aromatic carbocycles. The lowest BCUT2D eigenvalue weighted by Crippen LogP contribution is -2.42. The zero-order valence-electron chi connectivity index (χ0n) is 16.5. The van der Waals surface area contributed by atoms with Crippen LogP contribution < -0.4 is 10.6 Å². The van der Waals surface area contributed by atoms with Gasteiger partial charge in [0.25, 0.3) is 0 Å². The van der Waals surface area contributed by atoms with Gasteiger partial charge < -0.3 is 15.5 Å². The van der Waals surface area contributed by atoms with Crippen molar-refractivity contribution in [1.82, 2.24) is 10.2 Å². The summed E-state index contributed by atoms with van der Waals surface area (Å²) >= 11 is 0. The van der Waals surface area contributed by atoms with E-state index in [2.05, 4.69) is 10.6 Å². The van der Waals surface area contributed by atoms with Crippen molar-refractivity contribution in [3.8, 4) is 0 Å². The van der Waals surface area contributed by atoms with Crippen LogP contribution in [0.25, 0.3) is 0 Å². The molecule has 0 radical (unpaired) electrons. The summed E-state index contributed by atoms with van der Waals surface area (Å²) in [7, 11) is 0. The van der Waals surface area contributed by atoms with Crippen LogP contribution in [0, 0.1) is 23.4 Å². The number of hydrogen-bond acceptors (Lipinski definition) is 2. The van der Waals surface area contributed by atoms with E-state index in [9.17, 15) is 22.8 Å². The number of likely N-dealkylation sites (tertiary alicyclic amines) is 1. The summed E-state index contributed by atoms with van der Waals surface area (Å²) in [6.45, 7) is 1.22. The van der Waals surface area contributed by atoms with E-state index in [1.54, 1.807) is 4.90 Å². The average Bonchev–Trinajstić information content (AvgIpc) is 2.72. The number of urea groups is 1. The van der Waals surface area contributed by atoms with Crippen LogP contribution in [0.2, 0.25) is 0 Å². The van der Waals surface area contributed by atoms with Crippen molar-refractivity contribution in [1.29, 1.82) is 0 Å². The number of piperidine rings is 1. The first kappa shape index (κ1) is 21.7. The SMILES string of the molecule is O=C(CC[C@H]1CCCN(C(=O)Nc2ccc(F)cc2)C1)NCc1cc(F)cc(F)c1. The first-order chi connectivity index (χ1) is 14.4. The minimum atomic E-state index is -0.680. The van der Waals surface area contributed by atoms with Crippen LogP contribution in [0.3, 0.4) is 0 Å². The maximum Gasteiger partial charge on any atom is 0.321 e. The van der Waals surface area contributed by atoms with Crippen LogP contribution in [0.1, 0.15) is 31.2 Å². The van der Waals surface area contributed by atoms with Gasteiger partial charge in [-0.15, -0.1) is 0 Å². The molecule has 0 spiro atoms. The minimum absolute atomic E-state index is 0.0599. The molecule has 1 fully saturated rings. The van der Waals surface area contributed by atoms with Gasteiger partial charge in [0, 0.05) is 37.8 Å². The summed E-state index contributed by atoms with van der Waals surface area (Å²) in [4.78, 5) is 26.2. The summed E-state index contributed by atoms with van der Waals surface area (Å²) in [5.41, 5.74) is 0.888. The van der Waals surface area contributed by atoms with E-state index in [0.717, 1.165) is 18.9 Å². The lowest BCUT2D eigenvalue weighted by atomic mass is 9.93. The van der Waals surface area contributed by atoms with E-state index in [0.29, 0.717) is 30.8 Å². The fraction of sp³-hybridized carbons (Fsp3) is 0.364. The van der Waals surface area contributed by atoms with Gasteiger partial charge in [0.15, 0.2) is 0 Å². The molecular weight excluding hydrogens is 395 g/mol. The molecule has 0 unspecified atom stereocenters. The fourth-order valence-electron chi connectivity index (χ4n) is 3.56. The van der Waals surface area contributed by atoms with Gasteiger partial charge >= 0.3 is 6.03 Å². The third-order valence-electron chi connectivity index (χ3n) is 5.09. The maximum absolute atomic E-state index is 13.2. The molecular formula is C22H24F3N3O2. The first-order valence-electron chi connectivity index (χ1n) is 9.92. The standard InChI is InChI=1S/C22H24F3N3O2/c23-17-4-6-20(7-5-17)27-22(30)28-9-1-2-15(14-28)3-8-21(29)26-13-16-10-18(24)12-19(25)11-16/h4-7,10-12,15H,1-3,8-9,13-14H2,(H,26,29)(H,27,30)/t15-/m1/s1. The van der Waals surface area contributed by atoms with Crippen LogP contribution in [0.4, 0.5) is 23.7 Å². The second-order valence-corrected chi connectivity index (χ2v) is 7.48. The molecule has 0 aromatic heterocycles. The molecule has 1 heterocycles. The van der Waals surface area contributed by atoms with Gasteiger partial charge in [-0.3, -0.25) is 4.79 Å². The zero-order valence-corrected chi connectivity index (χ0v) is 16.5. The second-order valence-electron chi connectivity index (χ2n) is 7.48. The number of nitrogens with zero attached hydrogens (tertiary/aromatic N) is 1. The van der Waals surface area contributed by atoms with Gasteiger partial charge in [-0.2, -0.15) is 0 Å². The first-order valence-corrected chi connectivity index (χ1v) is 9.92. The topological polar surface area (TPSA) is 61.4 Å². The molecule has 30 heavy (non-hydrogen) atoms. The monoisotopic (exact) mass is 419 g/mol. The Labute approximate surface area is 173 Å². The Morgan fingerprint density at radius 3 is 2.40 bits per heavy atom. The van der Waals surface area contributed by atoms with Crippen molar-refractivity contribution < 1.29 is 22.8 Å². The van der Waals surface area contributed by atoms with Gasteiger partial charge in [-0.05, 0) is 67.1 Å². The molecule has 0 bridgehead atoms. The van der Waals surface area contributed by atoms with E-state index < -0.39 is 11.6 Å². The molecule has 1 aliphatic rings. The molecule has 2 N–H and O–H groups in total. The number of hydrogen-bond donors (Lipinski definition) is 2. The summed E-state index contributed by atoms with van der Waals surface area (Å²) in [5, 5.41) is 5.42. The minimum Gasteiger partial charge on any atom is -0.352 e. The molecule has 1 aliphatic heterocycles. The molecule has 0 aliphatic carbocycles. The molecule has 8 heteroatoms. The number of amides is 3. The Kier molecular flexibility index (Phi) is 7.32. The van der Waals surface area contributed by atoms with Crippen molar-refractivity contribution in [2.24, 2.45) is 5.92 Å². The number of halogens is 3. The van der Waals surface area contributed by atoms with E-state index in [4.69, 9.17) is 0 Å². The highest BCUT2D eigenvalue weighted by atomic mass is 19.1. The van der Waals surface area contributed by atoms with Crippen molar-refractivity contribution in [3.05, 3.63) is 65.5 Å². The third-order valence-corrected chi connectivity index (χ3v) is 5.09. The summed E-state index contributed by atoms with van der Waals surface area (Å²) < 4.78 is 39.4. The number of rotatable bonds is 6. The lowest BCUT2D eigenvalue weighted by molar-refractivity contribution is -0.121. The molecule has 5 nitrogen and oxygen atoms in total. The van der Waals surface area contributed by atoms with Crippen LogP contribution in [-0.4, -0.2) is 29.9 Å². The highest BCUT2D eigenvalue weighted by molar-refractivity contribution is 5.89. The quantitative estimate of drug-likeness (QED) is 0.727. The molecule has 160 valence electrons. The molecule has 1 atom stereocenters. The van der Waals surface area contributed by atoms with E-state index in [1.165, 1.54) is 36.4 Å². The van der Waals surface area contributed by atoms with Crippen molar-refractivity contribution in [2.45, 2.75) is 32.2 Å². The molecule has 3 amide bonds. The van der Waals surface area contributed by atoms with Gasteiger partial charge in [0.2, 0.25) is 5.91 Å². The number of nitrogens with one attached hydrogen (secondary N) is 2. The Hall–Kier alpha value is -3.03. The predicted octanol–water partition coefficient (Wildman–Crippen LogP) is 4.44. The number of anilines is 1. The predicted molar refractivity (Wildman–Crippen MR) is 107 cm³/mol. The third kappa shape index (κ3) is 6.50. The highest BCUT2D eigenvalue weighted by Crippen LogP contribution is 2.22. The number of carbonyl (C=O) groups excluding carboxylic acids is 2. The van der Waals surface area contributed by atoms with Crippen LogP contribution in [-0.2, 0) is 11.3 Å². The Bertz CT molecular complexity index is 869. The fourth-order valence-corrected chi connectivity index (χ4v) is 3.56. The van der Waals surface area contributed by atoms with Gasteiger partial charge in [-0.1, -0.05) is 0 Å². The highest BCUT2D eigenvalue weighted by Gasteiger charge is 2.24. The molecule has 3 rings (SSSR count). The molecule has 2 aromatic rings. The lowest BCUT2D eigenvalue weighted by Gasteiger charge is -2.32. The van der Waals surface area contributed by atoms with E-state index >= 15 is 0 Å². The molecule has 1 saturated heterocycles.